The Hall–Kier alpha value is -3.56. The number of methoxy groups -OCH3 is 1. The van der Waals surface area contributed by atoms with E-state index in [1.54, 1.807) is 17.6 Å². The molecule has 0 amide bonds. The Morgan fingerprint density at radius 1 is 1.29 bits per heavy atom. The van der Waals surface area contributed by atoms with E-state index in [1.165, 1.54) is 7.11 Å². The second kappa shape index (κ2) is 8.28. The van der Waals surface area contributed by atoms with Gasteiger partial charge in [0.2, 0.25) is 0 Å². The number of carbonyl (C=O) groups is 2. The van der Waals surface area contributed by atoms with Crippen molar-refractivity contribution in [2.45, 2.75) is 57.9 Å². The number of cyclic esters (lactones) is 1. The van der Waals surface area contributed by atoms with Crippen LogP contribution in [0.15, 0.2) is 29.1 Å². The molecule has 0 spiro atoms. The van der Waals surface area contributed by atoms with Gasteiger partial charge in [-0.2, -0.15) is 0 Å². The van der Waals surface area contributed by atoms with E-state index in [1.807, 2.05) is 25.1 Å². The minimum absolute atomic E-state index is 0.0937. The van der Waals surface area contributed by atoms with E-state index < -0.39 is 23.6 Å². The van der Waals surface area contributed by atoms with Gasteiger partial charge in [-0.25, -0.2) is 9.78 Å². The first-order valence-electron chi connectivity index (χ1n) is 11.7. The van der Waals surface area contributed by atoms with Crippen LogP contribution in [0.1, 0.15) is 48.1 Å². The summed E-state index contributed by atoms with van der Waals surface area (Å²) in [6.45, 7) is 3.90. The Kier molecular flexibility index (Phi) is 5.49. The van der Waals surface area contributed by atoms with Gasteiger partial charge in [-0.05, 0) is 48.6 Å². The molecule has 1 aromatic carbocycles. The zero-order valence-corrected chi connectivity index (χ0v) is 19.9. The summed E-state index contributed by atoms with van der Waals surface area (Å²) >= 11 is 0. The van der Waals surface area contributed by atoms with Crippen LogP contribution in [0.4, 0.5) is 0 Å². The fraction of sp³-hybridized carbons (Fsp3) is 0.385. The van der Waals surface area contributed by atoms with Gasteiger partial charge in [0.1, 0.15) is 12.6 Å². The summed E-state index contributed by atoms with van der Waals surface area (Å²) in [6, 6.07) is 6.71. The standard InChI is InChI=1S/C26H27N3O6/c1-4-14-15-8-13(9-19(27)24(31)34-3)6-7-20(15)28-22-16(14)11-29-21(22)10-18-17(23(29)30)12-35-25(32)26(18,33)5-2/h6-8,10,19,33H,4-5,9,11-12,27H2,1-3H3/t19?,26-/m0/s1. The number of esters is 2. The summed E-state index contributed by atoms with van der Waals surface area (Å²) in [5.41, 5.74) is 9.29. The topological polar surface area (TPSA) is 134 Å². The van der Waals surface area contributed by atoms with Gasteiger partial charge in [0.15, 0.2) is 5.60 Å². The van der Waals surface area contributed by atoms with Gasteiger partial charge in [0.05, 0.1) is 36.1 Å². The number of fused-ring (bicyclic) bond motifs is 5. The summed E-state index contributed by atoms with van der Waals surface area (Å²) in [6.07, 6.45) is 1.13. The van der Waals surface area contributed by atoms with E-state index in [2.05, 4.69) is 0 Å². The molecule has 0 saturated carbocycles. The second-order valence-electron chi connectivity index (χ2n) is 9.06. The molecule has 2 aliphatic heterocycles. The molecule has 0 fully saturated rings. The zero-order valence-electron chi connectivity index (χ0n) is 19.9. The zero-order chi connectivity index (χ0) is 25.1. The largest absolute Gasteiger partial charge is 0.468 e. The molecule has 5 rings (SSSR count). The summed E-state index contributed by atoms with van der Waals surface area (Å²) in [7, 11) is 1.31. The van der Waals surface area contributed by atoms with Crippen LogP contribution in [0.3, 0.4) is 0 Å². The molecule has 2 atom stereocenters. The van der Waals surface area contributed by atoms with Crippen LogP contribution in [-0.2, 0) is 50.7 Å². The van der Waals surface area contributed by atoms with E-state index >= 15 is 0 Å². The third-order valence-corrected chi connectivity index (χ3v) is 7.18. The highest BCUT2D eigenvalue weighted by Gasteiger charge is 2.45. The SMILES string of the molecule is CCc1c2c(nc3ccc(CC(N)C(=O)OC)cc13)-c1cc3c(c(=O)n1C2)COC(=O)[C@]3(O)CC. The van der Waals surface area contributed by atoms with Gasteiger partial charge < -0.3 is 24.9 Å². The first-order chi connectivity index (χ1) is 16.7. The number of aliphatic hydroxyl groups is 1. The lowest BCUT2D eigenvalue weighted by Crippen LogP contribution is -2.44. The molecule has 0 bridgehead atoms. The monoisotopic (exact) mass is 477 g/mol. The number of aromatic nitrogens is 2. The van der Waals surface area contributed by atoms with E-state index in [0.29, 0.717) is 41.9 Å². The molecule has 9 heteroatoms. The molecule has 0 radical (unpaired) electrons. The number of hydrogen-bond donors (Lipinski definition) is 2. The minimum Gasteiger partial charge on any atom is -0.468 e. The first-order valence-corrected chi connectivity index (χ1v) is 11.7. The van der Waals surface area contributed by atoms with Crippen LogP contribution < -0.4 is 11.3 Å². The number of rotatable bonds is 5. The average molecular weight is 478 g/mol. The molecular formula is C26H27N3O6. The fourth-order valence-corrected chi connectivity index (χ4v) is 5.23. The Morgan fingerprint density at radius 2 is 2.06 bits per heavy atom. The van der Waals surface area contributed by atoms with Gasteiger partial charge in [-0.3, -0.25) is 9.59 Å². The van der Waals surface area contributed by atoms with Gasteiger partial charge >= 0.3 is 11.9 Å². The quantitative estimate of drug-likeness (QED) is 0.415. The minimum atomic E-state index is -1.86. The first kappa shape index (κ1) is 23.2. The molecule has 1 unspecified atom stereocenters. The smallest absolute Gasteiger partial charge is 0.343 e. The lowest BCUT2D eigenvalue weighted by atomic mass is 9.86. The molecule has 2 aliphatic rings. The Morgan fingerprint density at radius 3 is 2.74 bits per heavy atom. The average Bonchev–Trinajstić information content (AvgIpc) is 3.23. The van der Waals surface area contributed by atoms with Crippen LogP contribution in [0.5, 0.6) is 0 Å². The predicted octanol–water partition coefficient (Wildman–Crippen LogP) is 1.68. The van der Waals surface area contributed by atoms with Crippen molar-refractivity contribution >= 4 is 22.8 Å². The Bertz CT molecular complexity index is 1460. The van der Waals surface area contributed by atoms with E-state index in [4.69, 9.17) is 20.2 Å². The molecule has 4 heterocycles. The van der Waals surface area contributed by atoms with E-state index in [0.717, 1.165) is 27.6 Å². The number of nitrogens with two attached hydrogens (primary N) is 1. The molecule has 9 nitrogen and oxygen atoms in total. The van der Waals surface area contributed by atoms with E-state index in [-0.39, 0.29) is 18.6 Å². The highest BCUT2D eigenvalue weighted by molar-refractivity contribution is 5.89. The number of nitrogens with zero attached hydrogens (tertiary/aromatic N) is 2. The highest BCUT2D eigenvalue weighted by Crippen LogP contribution is 2.40. The lowest BCUT2D eigenvalue weighted by Gasteiger charge is -2.31. The van der Waals surface area contributed by atoms with E-state index in [9.17, 15) is 19.5 Å². The van der Waals surface area contributed by atoms with Crippen molar-refractivity contribution in [2.75, 3.05) is 7.11 Å². The molecule has 182 valence electrons. The van der Waals surface area contributed by atoms with Gasteiger partial charge in [-0.1, -0.05) is 19.9 Å². The Labute approximate surface area is 201 Å². The van der Waals surface area contributed by atoms with Crippen LogP contribution in [0.25, 0.3) is 22.3 Å². The summed E-state index contributed by atoms with van der Waals surface area (Å²) < 4.78 is 11.5. The van der Waals surface area contributed by atoms with Crippen LogP contribution in [0.2, 0.25) is 0 Å². The molecule has 35 heavy (non-hydrogen) atoms. The maximum atomic E-state index is 13.4. The van der Waals surface area contributed by atoms with Crippen molar-refractivity contribution in [1.82, 2.24) is 9.55 Å². The number of pyridine rings is 2. The number of hydrogen-bond acceptors (Lipinski definition) is 8. The van der Waals surface area contributed by atoms with Crippen molar-refractivity contribution < 1.29 is 24.2 Å². The molecule has 2 aromatic heterocycles. The normalized spacial score (nSPS) is 19.1. The summed E-state index contributed by atoms with van der Waals surface area (Å²) in [5, 5.41) is 12.0. The van der Waals surface area contributed by atoms with Crippen molar-refractivity contribution in [2.24, 2.45) is 5.73 Å². The van der Waals surface area contributed by atoms with Gasteiger partial charge in [-0.15, -0.1) is 0 Å². The molecule has 0 saturated heterocycles. The third kappa shape index (κ3) is 3.37. The summed E-state index contributed by atoms with van der Waals surface area (Å²) in [5.74, 6) is -1.21. The number of ether oxygens (including phenoxy) is 2. The van der Waals surface area contributed by atoms with Gasteiger partial charge in [0.25, 0.3) is 5.56 Å². The molecular weight excluding hydrogens is 450 g/mol. The third-order valence-electron chi connectivity index (χ3n) is 7.18. The van der Waals surface area contributed by atoms with Crippen LogP contribution in [0, 0.1) is 0 Å². The second-order valence-corrected chi connectivity index (χ2v) is 9.06. The van der Waals surface area contributed by atoms with Crippen molar-refractivity contribution in [3.63, 3.8) is 0 Å². The molecule has 0 aliphatic carbocycles. The van der Waals surface area contributed by atoms with Gasteiger partial charge in [0, 0.05) is 16.5 Å². The number of aryl methyl sites for hydroxylation is 1. The Balaban J connectivity index is 1.67. The fourth-order valence-electron chi connectivity index (χ4n) is 5.23. The maximum Gasteiger partial charge on any atom is 0.343 e. The predicted molar refractivity (Wildman–Crippen MR) is 128 cm³/mol. The van der Waals surface area contributed by atoms with Crippen LogP contribution in [-0.4, -0.2) is 39.7 Å². The van der Waals surface area contributed by atoms with Crippen molar-refractivity contribution in [3.8, 4) is 11.4 Å². The van der Waals surface area contributed by atoms with Crippen molar-refractivity contribution in [1.29, 1.82) is 0 Å². The lowest BCUT2D eigenvalue weighted by molar-refractivity contribution is -0.172. The number of carbonyl (C=O) groups excluding carboxylic acids is 2. The molecule has 3 N–H and O–H groups in total. The highest BCUT2D eigenvalue weighted by atomic mass is 16.6. The maximum absolute atomic E-state index is 13.4. The number of benzene rings is 1. The summed E-state index contributed by atoms with van der Waals surface area (Å²) in [4.78, 5) is 42.4. The molecule has 3 aromatic rings. The van der Waals surface area contributed by atoms with Crippen LogP contribution >= 0.6 is 0 Å². The van der Waals surface area contributed by atoms with Crippen molar-refractivity contribution in [3.05, 3.63) is 62.4 Å².